The molecule has 0 fully saturated rings. The molecule has 4 aromatic rings. The van der Waals surface area contributed by atoms with E-state index in [1.165, 1.54) is 0 Å². The van der Waals surface area contributed by atoms with Crippen LogP contribution in [-0.2, 0) is 0 Å². The molecule has 0 radical (unpaired) electrons. The summed E-state index contributed by atoms with van der Waals surface area (Å²) in [5, 5.41) is 22.5. The van der Waals surface area contributed by atoms with Gasteiger partial charge in [-0.05, 0) is 35.0 Å². The fourth-order valence-corrected chi connectivity index (χ4v) is 2.92. The van der Waals surface area contributed by atoms with E-state index in [0.717, 1.165) is 22.0 Å². The van der Waals surface area contributed by atoms with Crippen LogP contribution in [0.15, 0.2) is 71.7 Å². The van der Waals surface area contributed by atoms with Gasteiger partial charge in [0.2, 0.25) is 0 Å². The van der Waals surface area contributed by atoms with E-state index in [2.05, 4.69) is 38.7 Å². The van der Waals surface area contributed by atoms with Gasteiger partial charge in [0, 0.05) is 22.5 Å². The molecular weight excluding hydrogens is 358 g/mol. The van der Waals surface area contributed by atoms with Gasteiger partial charge in [0.15, 0.2) is 11.6 Å². The molecule has 1 aromatic heterocycles. The highest BCUT2D eigenvalue weighted by Gasteiger charge is 2.12. The second-order valence-corrected chi connectivity index (χ2v) is 6.30. The Balaban J connectivity index is 1.64. The Morgan fingerprint density at radius 3 is 2.63 bits per heavy atom. The second kappa shape index (κ2) is 7.32. The van der Waals surface area contributed by atoms with Crippen molar-refractivity contribution in [2.45, 2.75) is 0 Å². The molecule has 0 aliphatic heterocycles. The first-order valence-corrected chi connectivity index (χ1v) is 8.65. The number of fused-ring (bicyclic) bond motifs is 1. The van der Waals surface area contributed by atoms with Crippen LogP contribution in [0.2, 0.25) is 5.02 Å². The van der Waals surface area contributed by atoms with Crippen LogP contribution in [-0.4, -0.2) is 16.4 Å². The number of nitrogens with zero attached hydrogens (tertiary/aromatic N) is 3. The van der Waals surface area contributed by atoms with Gasteiger partial charge in [-0.2, -0.15) is 10.4 Å². The van der Waals surface area contributed by atoms with E-state index in [1.54, 1.807) is 18.3 Å². The van der Waals surface area contributed by atoms with Gasteiger partial charge in [-0.3, -0.25) is 5.10 Å². The quantitative estimate of drug-likeness (QED) is 0.459. The molecule has 0 aliphatic carbocycles. The van der Waals surface area contributed by atoms with Crippen molar-refractivity contribution in [3.8, 4) is 6.07 Å². The molecule has 3 aromatic carbocycles. The van der Waals surface area contributed by atoms with Crippen molar-refractivity contribution in [3.63, 3.8) is 0 Å². The Morgan fingerprint density at radius 1 is 1.04 bits per heavy atom. The highest BCUT2D eigenvalue weighted by molar-refractivity contribution is 6.30. The standard InChI is InChI=1S/C21H14ClN5/c22-16-8-10-17(11-9-16)25-21-19(12-23)20(26-27-21)24-13-15-6-3-5-14-4-1-2-7-18(14)15/h1-11,13H,(H2,25,26,27)/b24-13+. The summed E-state index contributed by atoms with van der Waals surface area (Å²) in [6.45, 7) is 0. The molecule has 0 saturated heterocycles. The van der Waals surface area contributed by atoms with Crippen LogP contribution in [0.25, 0.3) is 10.8 Å². The smallest absolute Gasteiger partial charge is 0.172 e. The van der Waals surface area contributed by atoms with Gasteiger partial charge in [-0.25, -0.2) is 4.99 Å². The van der Waals surface area contributed by atoms with Crippen LogP contribution in [0.5, 0.6) is 0 Å². The lowest BCUT2D eigenvalue weighted by Gasteiger charge is -2.03. The summed E-state index contributed by atoms with van der Waals surface area (Å²) in [7, 11) is 0. The molecule has 5 nitrogen and oxygen atoms in total. The molecule has 1 heterocycles. The molecular formula is C21H14ClN5. The Bertz CT molecular complexity index is 1160. The number of benzene rings is 3. The minimum Gasteiger partial charge on any atom is -0.338 e. The lowest BCUT2D eigenvalue weighted by Crippen LogP contribution is -1.92. The van der Waals surface area contributed by atoms with Crippen molar-refractivity contribution in [1.82, 2.24) is 10.2 Å². The minimum absolute atomic E-state index is 0.349. The molecule has 0 amide bonds. The maximum absolute atomic E-state index is 9.53. The second-order valence-electron chi connectivity index (χ2n) is 5.87. The van der Waals surface area contributed by atoms with Crippen LogP contribution in [0.3, 0.4) is 0 Å². The largest absolute Gasteiger partial charge is 0.338 e. The Morgan fingerprint density at radius 2 is 1.81 bits per heavy atom. The summed E-state index contributed by atoms with van der Waals surface area (Å²) >= 11 is 5.90. The van der Waals surface area contributed by atoms with E-state index in [4.69, 9.17) is 11.6 Å². The number of nitriles is 1. The van der Waals surface area contributed by atoms with E-state index in [9.17, 15) is 5.26 Å². The summed E-state index contributed by atoms with van der Waals surface area (Å²) < 4.78 is 0. The minimum atomic E-state index is 0.349. The van der Waals surface area contributed by atoms with E-state index in [1.807, 2.05) is 42.5 Å². The zero-order valence-electron chi connectivity index (χ0n) is 14.1. The number of aliphatic imine (C=N–C) groups is 1. The van der Waals surface area contributed by atoms with E-state index < -0.39 is 0 Å². The molecule has 0 spiro atoms. The zero-order valence-corrected chi connectivity index (χ0v) is 14.9. The van der Waals surface area contributed by atoms with Gasteiger partial charge in [0.1, 0.15) is 11.6 Å². The Labute approximate surface area is 160 Å². The molecule has 0 atom stereocenters. The van der Waals surface area contributed by atoms with Gasteiger partial charge in [0.25, 0.3) is 0 Å². The first kappa shape index (κ1) is 16.8. The number of nitrogens with one attached hydrogen (secondary N) is 2. The molecule has 0 aliphatic rings. The number of aromatic amines is 1. The van der Waals surface area contributed by atoms with E-state index in [0.29, 0.717) is 22.2 Å². The summed E-state index contributed by atoms with van der Waals surface area (Å²) in [6, 6.07) is 23.4. The predicted octanol–water partition coefficient (Wildman–Crippen LogP) is 5.58. The van der Waals surface area contributed by atoms with Crippen molar-refractivity contribution in [2.75, 3.05) is 5.32 Å². The summed E-state index contributed by atoms with van der Waals surface area (Å²) in [6.07, 6.45) is 1.74. The molecule has 130 valence electrons. The van der Waals surface area contributed by atoms with Crippen molar-refractivity contribution < 1.29 is 0 Å². The summed E-state index contributed by atoms with van der Waals surface area (Å²) in [5.41, 5.74) is 2.10. The van der Waals surface area contributed by atoms with Gasteiger partial charge >= 0.3 is 0 Å². The monoisotopic (exact) mass is 371 g/mol. The summed E-state index contributed by atoms with van der Waals surface area (Å²) in [5.74, 6) is 0.826. The van der Waals surface area contributed by atoms with Crippen LogP contribution in [0.1, 0.15) is 11.1 Å². The molecule has 4 rings (SSSR count). The molecule has 6 heteroatoms. The fraction of sp³-hybridized carbons (Fsp3) is 0. The van der Waals surface area contributed by atoms with Crippen LogP contribution in [0, 0.1) is 11.3 Å². The van der Waals surface area contributed by atoms with Crippen molar-refractivity contribution in [2.24, 2.45) is 4.99 Å². The number of hydrogen-bond acceptors (Lipinski definition) is 4. The number of anilines is 2. The SMILES string of the molecule is N#Cc1c(Nc2ccc(Cl)cc2)n[nH]c1/N=C/c1cccc2ccccc12. The number of H-pyrrole nitrogens is 1. The molecule has 0 bridgehead atoms. The van der Waals surface area contributed by atoms with Crippen molar-refractivity contribution in [3.05, 3.63) is 82.9 Å². The average molecular weight is 372 g/mol. The lowest BCUT2D eigenvalue weighted by molar-refractivity contribution is 1.09. The number of aromatic nitrogens is 2. The maximum Gasteiger partial charge on any atom is 0.172 e. The number of rotatable bonds is 4. The van der Waals surface area contributed by atoms with Crippen molar-refractivity contribution in [1.29, 1.82) is 5.26 Å². The van der Waals surface area contributed by atoms with Gasteiger partial charge in [-0.1, -0.05) is 54.1 Å². The Hall–Kier alpha value is -3.62. The van der Waals surface area contributed by atoms with Crippen LogP contribution < -0.4 is 5.32 Å². The molecule has 0 unspecified atom stereocenters. The topological polar surface area (TPSA) is 76.9 Å². The van der Waals surface area contributed by atoms with Crippen molar-refractivity contribution >= 4 is 45.9 Å². The maximum atomic E-state index is 9.53. The fourth-order valence-electron chi connectivity index (χ4n) is 2.79. The van der Waals surface area contributed by atoms with E-state index in [-0.39, 0.29) is 0 Å². The summed E-state index contributed by atoms with van der Waals surface area (Å²) in [4.78, 5) is 4.45. The zero-order chi connectivity index (χ0) is 18.6. The third kappa shape index (κ3) is 3.52. The lowest BCUT2D eigenvalue weighted by atomic mass is 10.1. The Kier molecular flexibility index (Phi) is 4.56. The number of halogens is 1. The normalized spacial score (nSPS) is 11.0. The number of hydrogen-bond donors (Lipinski definition) is 2. The molecule has 0 saturated carbocycles. The van der Waals surface area contributed by atoms with Gasteiger partial charge < -0.3 is 5.32 Å². The molecule has 2 N–H and O–H groups in total. The highest BCUT2D eigenvalue weighted by Crippen LogP contribution is 2.26. The van der Waals surface area contributed by atoms with Gasteiger partial charge in [0.05, 0.1) is 0 Å². The average Bonchev–Trinajstić information content (AvgIpc) is 3.09. The first-order chi connectivity index (χ1) is 13.2. The van der Waals surface area contributed by atoms with E-state index >= 15 is 0 Å². The first-order valence-electron chi connectivity index (χ1n) is 8.27. The highest BCUT2D eigenvalue weighted by atomic mass is 35.5. The van der Waals surface area contributed by atoms with Crippen LogP contribution >= 0.6 is 11.6 Å². The van der Waals surface area contributed by atoms with Gasteiger partial charge in [-0.15, -0.1) is 0 Å². The van der Waals surface area contributed by atoms with Crippen LogP contribution in [0.4, 0.5) is 17.3 Å². The molecule has 27 heavy (non-hydrogen) atoms. The third-order valence-electron chi connectivity index (χ3n) is 4.12. The predicted molar refractivity (Wildman–Crippen MR) is 109 cm³/mol. The third-order valence-corrected chi connectivity index (χ3v) is 4.37.